The summed E-state index contributed by atoms with van der Waals surface area (Å²) in [7, 11) is 1.56. The summed E-state index contributed by atoms with van der Waals surface area (Å²) < 4.78 is 4.94. The first-order valence-electron chi connectivity index (χ1n) is 5.33. The Morgan fingerprint density at radius 3 is 3.00 bits per heavy atom. The molecule has 1 heterocycles. The minimum Gasteiger partial charge on any atom is -0.481 e. The van der Waals surface area contributed by atoms with Crippen molar-refractivity contribution in [2.45, 2.75) is 6.54 Å². The third kappa shape index (κ3) is 5.12. The summed E-state index contributed by atoms with van der Waals surface area (Å²) in [4.78, 5) is 15.4. The molecule has 2 N–H and O–H groups in total. The van der Waals surface area contributed by atoms with E-state index < -0.39 is 0 Å². The minimum atomic E-state index is -0.0531. The molecular weight excluding hydrogens is 218 g/mol. The van der Waals surface area contributed by atoms with Gasteiger partial charge in [0.05, 0.1) is 13.7 Å². The van der Waals surface area contributed by atoms with E-state index in [-0.39, 0.29) is 12.5 Å². The lowest BCUT2D eigenvalue weighted by Gasteiger charge is -2.06. The molecule has 1 aromatic rings. The van der Waals surface area contributed by atoms with Crippen molar-refractivity contribution in [1.29, 1.82) is 0 Å². The summed E-state index contributed by atoms with van der Waals surface area (Å²) in [6.45, 7) is 4.93. The molecule has 0 radical (unpaired) electrons. The van der Waals surface area contributed by atoms with E-state index in [2.05, 4.69) is 22.2 Å². The van der Waals surface area contributed by atoms with Crippen molar-refractivity contribution in [3.8, 4) is 5.88 Å². The van der Waals surface area contributed by atoms with Crippen LogP contribution in [0.1, 0.15) is 5.56 Å². The molecule has 0 saturated heterocycles. The topological polar surface area (TPSA) is 63.2 Å². The zero-order valence-electron chi connectivity index (χ0n) is 9.90. The molecule has 17 heavy (non-hydrogen) atoms. The number of aromatic nitrogens is 1. The van der Waals surface area contributed by atoms with Crippen molar-refractivity contribution in [2.24, 2.45) is 0 Å². The van der Waals surface area contributed by atoms with E-state index in [1.54, 1.807) is 25.4 Å². The zero-order chi connectivity index (χ0) is 12.5. The van der Waals surface area contributed by atoms with Crippen molar-refractivity contribution >= 4 is 5.91 Å². The Morgan fingerprint density at radius 1 is 1.59 bits per heavy atom. The van der Waals surface area contributed by atoms with E-state index in [9.17, 15) is 4.79 Å². The van der Waals surface area contributed by atoms with Crippen molar-refractivity contribution in [3.05, 3.63) is 36.5 Å². The van der Waals surface area contributed by atoms with Crippen molar-refractivity contribution < 1.29 is 9.53 Å². The zero-order valence-corrected chi connectivity index (χ0v) is 9.90. The molecular formula is C12H17N3O2. The lowest BCUT2D eigenvalue weighted by atomic mass is 10.3. The Bertz CT molecular complexity index is 363. The van der Waals surface area contributed by atoms with E-state index in [0.29, 0.717) is 19.0 Å². The SMILES string of the molecule is C=CCNCC(=O)NCc1ccc(OC)nc1. The number of hydrogen-bond acceptors (Lipinski definition) is 4. The molecule has 0 saturated carbocycles. The van der Waals surface area contributed by atoms with Crippen LogP contribution in [0.4, 0.5) is 0 Å². The van der Waals surface area contributed by atoms with Gasteiger partial charge in [0.15, 0.2) is 0 Å². The number of hydrogen-bond donors (Lipinski definition) is 2. The summed E-state index contributed by atoms with van der Waals surface area (Å²) in [6.07, 6.45) is 3.39. The third-order valence-corrected chi connectivity index (χ3v) is 2.07. The Kier molecular flexibility index (Phi) is 5.74. The van der Waals surface area contributed by atoms with Crippen LogP contribution < -0.4 is 15.4 Å². The van der Waals surface area contributed by atoms with Crippen LogP contribution in [-0.4, -0.2) is 31.1 Å². The quantitative estimate of drug-likeness (QED) is 0.533. The van der Waals surface area contributed by atoms with E-state index in [1.807, 2.05) is 6.07 Å². The Morgan fingerprint density at radius 2 is 2.41 bits per heavy atom. The molecule has 92 valence electrons. The van der Waals surface area contributed by atoms with Crippen molar-refractivity contribution in [2.75, 3.05) is 20.2 Å². The molecule has 0 unspecified atom stereocenters. The second-order valence-corrected chi connectivity index (χ2v) is 3.41. The smallest absolute Gasteiger partial charge is 0.234 e. The fraction of sp³-hybridized carbons (Fsp3) is 0.333. The van der Waals surface area contributed by atoms with Gasteiger partial charge in [0.1, 0.15) is 0 Å². The van der Waals surface area contributed by atoms with Gasteiger partial charge in [-0.15, -0.1) is 6.58 Å². The van der Waals surface area contributed by atoms with Crippen LogP contribution in [0.15, 0.2) is 31.0 Å². The molecule has 0 bridgehead atoms. The summed E-state index contributed by atoms with van der Waals surface area (Å²) in [6, 6.07) is 3.63. The fourth-order valence-corrected chi connectivity index (χ4v) is 1.19. The molecule has 0 atom stereocenters. The maximum absolute atomic E-state index is 11.4. The van der Waals surface area contributed by atoms with Gasteiger partial charge in [-0.25, -0.2) is 4.98 Å². The van der Waals surface area contributed by atoms with Gasteiger partial charge in [-0.05, 0) is 5.56 Å². The lowest BCUT2D eigenvalue weighted by Crippen LogP contribution is -2.33. The molecule has 0 aromatic carbocycles. The van der Waals surface area contributed by atoms with Gasteiger partial charge in [0.25, 0.3) is 0 Å². The van der Waals surface area contributed by atoms with E-state index in [4.69, 9.17) is 4.74 Å². The summed E-state index contributed by atoms with van der Waals surface area (Å²) in [5, 5.41) is 5.70. The normalized spacial score (nSPS) is 9.71. The van der Waals surface area contributed by atoms with Crippen LogP contribution in [0, 0.1) is 0 Å². The van der Waals surface area contributed by atoms with Crippen LogP contribution in [0.3, 0.4) is 0 Å². The highest BCUT2D eigenvalue weighted by Crippen LogP contribution is 2.05. The third-order valence-electron chi connectivity index (χ3n) is 2.07. The molecule has 5 nitrogen and oxygen atoms in total. The standard InChI is InChI=1S/C12H17N3O2/c1-3-6-13-9-11(16)14-7-10-4-5-12(17-2)15-8-10/h3-5,8,13H,1,6-7,9H2,2H3,(H,14,16). The van der Waals surface area contributed by atoms with E-state index in [0.717, 1.165) is 5.56 Å². The monoisotopic (exact) mass is 235 g/mol. The van der Waals surface area contributed by atoms with Gasteiger partial charge in [0.2, 0.25) is 11.8 Å². The van der Waals surface area contributed by atoms with Crippen molar-refractivity contribution in [3.63, 3.8) is 0 Å². The second-order valence-electron chi connectivity index (χ2n) is 3.41. The molecule has 0 aliphatic rings. The largest absolute Gasteiger partial charge is 0.481 e. The van der Waals surface area contributed by atoms with E-state index >= 15 is 0 Å². The number of nitrogens with zero attached hydrogens (tertiary/aromatic N) is 1. The van der Waals surface area contributed by atoms with Crippen LogP contribution in [0.2, 0.25) is 0 Å². The summed E-state index contributed by atoms with van der Waals surface area (Å²) in [5.74, 6) is 0.510. The second kappa shape index (κ2) is 7.40. The highest BCUT2D eigenvalue weighted by molar-refractivity contribution is 5.77. The van der Waals surface area contributed by atoms with Gasteiger partial charge in [-0.2, -0.15) is 0 Å². The molecule has 0 aliphatic carbocycles. The predicted molar refractivity (Wildman–Crippen MR) is 65.7 cm³/mol. The number of ether oxygens (including phenoxy) is 1. The lowest BCUT2D eigenvalue weighted by molar-refractivity contribution is -0.120. The molecule has 0 spiro atoms. The van der Waals surface area contributed by atoms with Gasteiger partial charge >= 0.3 is 0 Å². The highest BCUT2D eigenvalue weighted by Gasteiger charge is 2.00. The van der Waals surface area contributed by atoms with Crippen LogP contribution in [-0.2, 0) is 11.3 Å². The number of carbonyl (C=O) groups is 1. The molecule has 0 fully saturated rings. The van der Waals surface area contributed by atoms with Gasteiger partial charge in [-0.3, -0.25) is 4.79 Å². The van der Waals surface area contributed by atoms with Crippen LogP contribution >= 0.6 is 0 Å². The fourth-order valence-electron chi connectivity index (χ4n) is 1.19. The summed E-state index contributed by atoms with van der Waals surface area (Å²) in [5.41, 5.74) is 0.933. The molecule has 1 rings (SSSR count). The predicted octanol–water partition coefficient (Wildman–Crippen LogP) is 0.482. The molecule has 0 aliphatic heterocycles. The van der Waals surface area contributed by atoms with Gasteiger partial charge < -0.3 is 15.4 Å². The minimum absolute atomic E-state index is 0.0531. The first-order valence-corrected chi connectivity index (χ1v) is 5.33. The van der Waals surface area contributed by atoms with Gasteiger partial charge in [-0.1, -0.05) is 12.1 Å². The Labute approximate surface area is 101 Å². The van der Waals surface area contributed by atoms with Gasteiger partial charge in [0, 0.05) is 25.4 Å². The average molecular weight is 235 g/mol. The Hall–Kier alpha value is -1.88. The number of amides is 1. The maximum Gasteiger partial charge on any atom is 0.234 e. The van der Waals surface area contributed by atoms with E-state index in [1.165, 1.54) is 0 Å². The number of rotatable bonds is 7. The number of carbonyl (C=O) groups excluding carboxylic acids is 1. The molecule has 1 amide bonds. The number of pyridine rings is 1. The highest BCUT2D eigenvalue weighted by atomic mass is 16.5. The van der Waals surface area contributed by atoms with Crippen LogP contribution in [0.25, 0.3) is 0 Å². The average Bonchev–Trinajstić information content (AvgIpc) is 2.37. The van der Waals surface area contributed by atoms with Crippen LogP contribution in [0.5, 0.6) is 5.88 Å². The Balaban J connectivity index is 2.29. The number of nitrogens with one attached hydrogen (secondary N) is 2. The molecule has 5 heteroatoms. The summed E-state index contributed by atoms with van der Waals surface area (Å²) >= 11 is 0. The first-order chi connectivity index (χ1) is 8.26. The number of methoxy groups -OCH3 is 1. The maximum atomic E-state index is 11.4. The van der Waals surface area contributed by atoms with Crippen molar-refractivity contribution in [1.82, 2.24) is 15.6 Å². The molecule has 1 aromatic heterocycles. The first kappa shape index (κ1) is 13.2.